The molecule has 0 bridgehead atoms. The van der Waals surface area contributed by atoms with E-state index in [0.717, 1.165) is 23.1 Å². The second-order valence-corrected chi connectivity index (χ2v) is 6.96. The first-order chi connectivity index (χ1) is 11.2. The lowest BCUT2D eigenvalue weighted by molar-refractivity contribution is -0.131. The standard InChI is InChI=1S/C16H19N5O3/c1-16(2,3)15-17-6-10-7-21(8-11(10)18-15)13(23)5-9-4-12(22)19-20-14(9)24/h4,6H,5,7-8H2,1-3H3,(H,19,22)(H,20,24). The van der Waals surface area contributed by atoms with Crippen LogP contribution >= 0.6 is 0 Å². The molecule has 0 unspecified atom stereocenters. The Labute approximate surface area is 137 Å². The normalized spacial score (nSPS) is 13.9. The predicted octanol–water partition coefficient (Wildman–Crippen LogP) is 0.236. The fourth-order valence-corrected chi connectivity index (χ4v) is 2.56. The highest BCUT2D eigenvalue weighted by Gasteiger charge is 2.27. The van der Waals surface area contributed by atoms with Gasteiger partial charge in [-0.1, -0.05) is 20.8 Å². The first-order valence-electron chi connectivity index (χ1n) is 7.68. The lowest BCUT2D eigenvalue weighted by Gasteiger charge is -2.16. The van der Waals surface area contributed by atoms with E-state index < -0.39 is 11.1 Å². The van der Waals surface area contributed by atoms with E-state index in [1.807, 2.05) is 20.8 Å². The van der Waals surface area contributed by atoms with Crippen LogP contribution in [0, 0.1) is 0 Å². The van der Waals surface area contributed by atoms with E-state index in [0.29, 0.717) is 13.1 Å². The summed E-state index contributed by atoms with van der Waals surface area (Å²) >= 11 is 0. The Balaban J connectivity index is 1.77. The minimum atomic E-state index is -0.463. The van der Waals surface area contributed by atoms with Crippen molar-refractivity contribution < 1.29 is 4.79 Å². The van der Waals surface area contributed by atoms with Crippen molar-refractivity contribution >= 4 is 5.91 Å². The van der Waals surface area contributed by atoms with Gasteiger partial charge in [-0.25, -0.2) is 9.97 Å². The van der Waals surface area contributed by atoms with Crippen LogP contribution in [0.15, 0.2) is 21.9 Å². The fourth-order valence-electron chi connectivity index (χ4n) is 2.56. The molecule has 0 aromatic carbocycles. The number of nitrogens with zero attached hydrogens (tertiary/aromatic N) is 3. The van der Waals surface area contributed by atoms with Crippen molar-refractivity contribution in [1.82, 2.24) is 25.1 Å². The third-order valence-electron chi connectivity index (χ3n) is 3.92. The summed E-state index contributed by atoms with van der Waals surface area (Å²) in [6.45, 7) is 6.91. The Morgan fingerprint density at radius 1 is 1.25 bits per heavy atom. The number of fused-ring (bicyclic) bond motifs is 1. The number of amides is 1. The summed E-state index contributed by atoms with van der Waals surface area (Å²) in [6.07, 6.45) is 1.64. The highest BCUT2D eigenvalue weighted by Crippen LogP contribution is 2.24. The molecule has 8 nitrogen and oxygen atoms in total. The van der Waals surface area contributed by atoms with Gasteiger partial charge >= 0.3 is 0 Å². The van der Waals surface area contributed by atoms with Gasteiger partial charge in [0, 0.05) is 35.3 Å². The van der Waals surface area contributed by atoms with Crippen molar-refractivity contribution in [2.75, 3.05) is 0 Å². The Kier molecular flexibility index (Phi) is 3.82. The number of carbonyl (C=O) groups excluding carboxylic acids is 1. The molecule has 0 aliphatic carbocycles. The van der Waals surface area contributed by atoms with Crippen LogP contribution in [0.3, 0.4) is 0 Å². The second-order valence-electron chi connectivity index (χ2n) is 6.96. The third-order valence-corrected chi connectivity index (χ3v) is 3.92. The van der Waals surface area contributed by atoms with Crippen LogP contribution in [-0.4, -0.2) is 31.0 Å². The van der Waals surface area contributed by atoms with Gasteiger partial charge in [0.15, 0.2) is 0 Å². The maximum Gasteiger partial charge on any atom is 0.266 e. The molecule has 24 heavy (non-hydrogen) atoms. The van der Waals surface area contributed by atoms with Crippen molar-refractivity contribution in [2.45, 2.75) is 45.7 Å². The Morgan fingerprint density at radius 2 is 2.00 bits per heavy atom. The van der Waals surface area contributed by atoms with Crippen LogP contribution in [-0.2, 0) is 29.7 Å². The SMILES string of the molecule is CC(C)(C)c1ncc2c(n1)CN(C(=O)Cc1cc(=O)[nH][nH]c1=O)C2. The Morgan fingerprint density at radius 3 is 2.71 bits per heavy atom. The van der Waals surface area contributed by atoms with Crippen molar-refractivity contribution in [1.29, 1.82) is 0 Å². The molecule has 8 heteroatoms. The summed E-state index contributed by atoms with van der Waals surface area (Å²) in [5.41, 5.74) is 0.836. The van der Waals surface area contributed by atoms with Gasteiger partial charge in [0.1, 0.15) is 5.82 Å². The first-order valence-corrected chi connectivity index (χ1v) is 7.68. The van der Waals surface area contributed by atoms with E-state index in [1.54, 1.807) is 11.1 Å². The Hall–Kier alpha value is -2.77. The first kappa shape index (κ1) is 16.1. The second kappa shape index (κ2) is 5.70. The molecule has 2 aromatic heterocycles. The lowest BCUT2D eigenvalue weighted by Crippen LogP contribution is -2.31. The van der Waals surface area contributed by atoms with Crippen molar-refractivity contribution in [3.8, 4) is 0 Å². The van der Waals surface area contributed by atoms with Gasteiger partial charge in [-0.15, -0.1) is 0 Å². The molecule has 2 aromatic rings. The summed E-state index contributed by atoms with van der Waals surface area (Å²) in [7, 11) is 0. The highest BCUT2D eigenvalue weighted by atomic mass is 16.2. The maximum absolute atomic E-state index is 12.4. The van der Waals surface area contributed by atoms with Gasteiger partial charge in [-0.3, -0.25) is 24.6 Å². The molecule has 1 aliphatic rings. The number of aromatic amines is 2. The minimum Gasteiger partial charge on any atom is -0.332 e. The van der Waals surface area contributed by atoms with E-state index >= 15 is 0 Å². The Bertz CT molecular complexity index is 907. The molecular formula is C16H19N5O3. The molecule has 1 aliphatic heterocycles. The van der Waals surface area contributed by atoms with Crippen molar-refractivity contribution in [3.63, 3.8) is 0 Å². The van der Waals surface area contributed by atoms with E-state index in [9.17, 15) is 14.4 Å². The van der Waals surface area contributed by atoms with Gasteiger partial charge in [0.05, 0.1) is 18.7 Å². The zero-order valence-electron chi connectivity index (χ0n) is 13.8. The lowest BCUT2D eigenvalue weighted by atomic mass is 9.95. The quantitative estimate of drug-likeness (QED) is 0.819. The topological polar surface area (TPSA) is 112 Å². The number of hydrogen-bond acceptors (Lipinski definition) is 5. The molecule has 1 amide bonds. The molecule has 0 spiro atoms. The van der Waals surface area contributed by atoms with E-state index in [1.165, 1.54) is 0 Å². The zero-order chi connectivity index (χ0) is 17.5. The van der Waals surface area contributed by atoms with Crippen LogP contribution in [0.25, 0.3) is 0 Å². The van der Waals surface area contributed by atoms with Crippen molar-refractivity contribution in [2.24, 2.45) is 0 Å². The molecule has 0 saturated heterocycles. The van der Waals surface area contributed by atoms with Gasteiger partial charge in [0.2, 0.25) is 5.91 Å². The van der Waals surface area contributed by atoms with Crippen molar-refractivity contribution in [3.05, 3.63) is 55.6 Å². The molecule has 3 rings (SSSR count). The van der Waals surface area contributed by atoms with Crippen LogP contribution in [0.2, 0.25) is 0 Å². The molecule has 0 saturated carbocycles. The molecule has 2 N–H and O–H groups in total. The van der Waals surface area contributed by atoms with Crippen LogP contribution in [0.4, 0.5) is 0 Å². The zero-order valence-corrected chi connectivity index (χ0v) is 13.8. The van der Waals surface area contributed by atoms with E-state index in [2.05, 4.69) is 20.2 Å². The molecule has 126 valence electrons. The summed E-state index contributed by atoms with van der Waals surface area (Å²) < 4.78 is 0. The van der Waals surface area contributed by atoms with E-state index in [4.69, 9.17) is 0 Å². The largest absolute Gasteiger partial charge is 0.332 e. The third kappa shape index (κ3) is 3.12. The molecule has 3 heterocycles. The number of aromatic nitrogens is 4. The van der Waals surface area contributed by atoms with Gasteiger partial charge < -0.3 is 4.90 Å². The number of rotatable bonds is 2. The number of carbonyl (C=O) groups is 1. The molecular weight excluding hydrogens is 310 g/mol. The number of nitrogens with one attached hydrogen (secondary N) is 2. The molecule has 0 fully saturated rings. The summed E-state index contributed by atoms with van der Waals surface area (Å²) in [5.74, 6) is 0.517. The average Bonchev–Trinajstić information content (AvgIpc) is 2.93. The summed E-state index contributed by atoms with van der Waals surface area (Å²) in [5, 5.41) is 4.40. The monoisotopic (exact) mass is 329 g/mol. The van der Waals surface area contributed by atoms with Crippen LogP contribution in [0.5, 0.6) is 0 Å². The number of H-pyrrole nitrogens is 2. The number of hydrogen-bond donors (Lipinski definition) is 2. The smallest absolute Gasteiger partial charge is 0.266 e. The van der Waals surface area contributed by atoms with Gasteiger partial charge in [0.25, 0.3) is 11.1 Å². The summed E-state index contributed by atoms with van der Waals surface area (Å²) in [6, 6.07) is 1.15. The summed E-state index contributed by atoms with van der Waals surface area (Å²) in [4.78, 5) is 46.0. The van der Waals surface area contributed by atoms with Gasteiger partial charge in [-0.05, 0) is 0 Å². The predicted molar refractivity (Wildman–Crippen MR) is 86.4 cm³/mol. The highest BCUT2D eigenvalue weighted by molar-refractivity contribution is 5.79. The molecule has 0 radical (unpaired) electrons. The maximum atomic E-state index is 12.4. The van der Waals surface area contributed by atoms with Crippen LogP contribution in [0.1, 0.15) is 43.4 Å². The minimum absolute atomic E-state index is 0.118. The fraction of sp³-hybridized carbons (Fsp3) is 0.438. The molecule has 0 atom stereocenters. The van der Waals surface area contributed by atoms with Crippen LogP contribution < -0.4 is 11.1 Å². The van der Waals surface area contributed by atoms with E-state index in [-0.39, 0.29) is 23.3 Å². The average molecular weight is 329 g/mol. The van der Waals surface area contributed by atoms with Gasteiger partial charge in [-0.2, -0.15) is 0 Å².